The highest BCUT2D eigenvalue weighted by Crippen LogP contribution is 2.37. The molecule has 0 spiro atoms. The van der Waals surface area contributed by atoms with E-state index in [0.29, 0.717) is 28.1 Å². The van der Waals surface area contributed by atoms with E-state index in [9.17, 15) is 14.4 Å². The Morgan fingerprint density at radius 1 is 1.37 bits per heavy atom. The van der Waals surface area contributed by atoms with Crippen LogP contribution in [0.1, 0.15) is 56.0 Å². The van der Waals surface area contributed by atoms with Crippen LogP contribution in [0.3, 0.4) is 0 Å². The Morgan fingerprint density at radius 3 is 2.63 bits per heavy atom. The summed E-state index contributed by atoms with van der Waals surface area (Å²) in [6.07, 6.45) is 0.433. The smallest absolute Gasteiger partial charge is 0.410 e. The van der Waals surface area contributed by atoms with Crippen molar-refractivity contribution in [3.63, 3.8) is 0 Å². The largest absolute Gasteiger partial charge is 0.444 e. The van der Waals surface area contributed by atoms with Crippen LogP contribution >= 0.6 is 27.5 Å². The van der Waals surface area contributed by atoms with Gasteiger partial charge in [-0.1, -0.05) is 18.5 Å². The maximum Gasteiger partial charge on any atom is 0.410 e. The molecule has 1 heterocycles. The molecule has 1 aromatic carbocycles. The average Bonchev–Trinajstić information content (AvgIpc) is 3.05. The molecule has 0 aromatic heterocycles. The zero-order chi connectivity index (χ0) is 20.4. The van der Waals surface area contributed by atoms with E-state index >= 15 is 0 Å². The molecule has 0 N–H and O–H groups in total. The molecule has 0 aliphatic carbocycles. The van der Waals surface area contributed by atoms with Crippen LogP contribution in [0.5, 0.6) is 0 Å². The predicted octanol–water partition coefficient (Wildman–Crippen LogP) is 4.78. The van der Waals surface area contributed by atoms with Crippen molar-refractivity contribution in [3.05, 3.63) is 32.8 Å². The van der Waals surface area contributed by atoms with Gasteiger partial charge in [0.1, 0.15) is 5.60 Å². The summed E-state index contributed by atoms with van der Waals surface area (Å²) in [5, 5.41) is 0.460. The van der Waals surface area contributed by atoms with Crippen LogP contribution in [0.15, 0.2) is 16.6 Å². The van der Waals surface area contributed by atoms with E-state index in [4.69, 9.17) is 16.3 Å². The number of likely N-dealkylation sites (tertiary alicyclic amines) is 1. The van der Waals surface area contributed by atoms with Crippen molar-refractivity contribution in [3.8, 4) is 0 Å². The molecule has 27 heavy (non-hydrogen) atoms. The van der Waals surface area contributed by atoms with Crippen LogP contribution < -0.4 is 0 Å². The van der Waals surface area contributed by atoms with Crippen LogP contribution in [0.2, 0.25) is 5.02 Å². The SMILES string of the molecule is CC(c1cc(Cl)c(Br)cc1C(=O)OC=O)C1CCN(C(=O)OC(C)(C)C)C1. The topological polar surface area (TPSA) is 72.9 Å². The minimum atomic E-state index is -0.730. The van der Waals surface area contributed by atoms with Crippen LogP contribution in [0.4, 0.5) is 4.79 Å². The van der Waals surface area contributed by atoms with E-state index in [0.717, 1.165) is 6.42 Å². The maximum atomic E-state index is 12.3. The standard InChI is InChI=1S/C19H23BrClNO5/c1-11(12-5-6-22(9-12)18(25)27-19(2,3)4)13-8-16(21)15(20)7-14(13)17(24)26-10-23/h7-8,10-12H,5-6,9H2,1-4H3. The lowest BCUT2D eigenvalue weighted by Crippen LogP contribution is -2.35. The number of benzene rings is 1. The van der Waals surface area contributed by atoms with Crippen LogP contribution in [0.25, 0.3) is 0 Å². The molecule has 6 nitrogen and oxygen atoms in total. The van der Waals surface area contributed by atoms with Gasteiger partial charge in [-0.05, 0) is 72.7 Å². The molecule has 1 aromatic rings. The van der Waals surface area contributed by atoms with Gasteiger partial charge < -0.3 is 14.4 Å². The number of amides is 1. The third-order valence-corrected chi connectivity index (χ3v) is 5.74. The summed E-state index contributed by atoms with van der Waals surface area (Å²) >= 11 is 9.51. The fourth-order valence-electron chi connectivity index (χ4n) is 3.16. The number of halogens is 2. The molecule has 2 unspecified atom stereocenters. The summed E-state index contributed by atoms with van der Waals surface area (Å²) in [6.45, 7) is 8.68. The maximum absolute atomic E-state index is 12.3. The first-order valence-corrected chi connectivity index (χ1v) is 9.82. The van der Waals surface area contributed by atoms with Crippen molar-refractivity contribution in [2.45, 2.75) is 45.6 Å². The Labute approximate surface area is 172 Å². The Kier molecular flexibility index (Phi) is 6.92. The van der Waals surface area contributed by atoms with Crippen molar-refractivity contribution >= 4 is 46.1 Å². The van der Waals surface area contributed by atoms with E-state index in [1.807, 2.05) is 27.7 Å². The third kappa shape index (κ3) is 5.45. The van der Waals surface area contributed by atoms with Gasteiger partial charge in [0.15, 0.2) is 0 Å². The number of nitrogens with zero attached hydrogens (tertiary/aromatic N) is 1. The monoisotopic (exact) mass is 459 g/mol. The lowest BCUT2D eigenvalue weighted by molar-refractivity contribution is -0.123. The molecular weight excluding hydrogens is 438 g/mol. The summed E-state index contributed by atoms with van der Waals surface area (Å²) < 4.78 is 10.5. The number of carbonyl (C=O) groups is 3. The average molecular weight is 461 g/mol. The quantitative estimate of drug-likeness (QED) is 0.367. The van der Waals surface area contributed by atoms with Gasteiger partial charge in [0.25, 0.3) is 0 Å². The molecule has 1 aliphatic heterocycles. The molecule has 1 aliphatic rings. The first kappa shape index (κ1) is 21.7. The fourth-order valence-corrected chi connectivity index (χ4v) is 3.68. The summed E-state index contributed by atoms with van der Waals surface area (Å²) in [6, 6.07) is 3.26. The van der Waals surface area contributed by atoms with E-state index in [-0.39, 0.29) is 30.0 Å². The zero-order valence-electron chi connectivity index (χ0n) is 15.8. The van der Waals surface area contributed by atoms with Crippen LogP contribution in [-0.2, 0) is 14.3 Å². The molecular formula is C19H23BrClNO5. The number of rotatable bonds is 4. The van der Waals surface area contributed by atoms with Crippen molar-refractivity contribution < 1.29 is 23.9 Å². The fraction of sp³-hybridized carbons (Fsp3) is 0.526. The van der Waals surface area contributed by atoms with E-state index in [1.54, 1.807) is 17.0 Å². The lowest BCUT2D eigenvalue weighted by atomic mass is 9.84. The van der Waals surface area contributed by atoms with Crippen LogP contribution in [-0.4, -0.2) is 42.1 Å². The number of carbonyl (C=O) groups excluding carboxylic acids is 3. The molecule has 0 saturated carbocycles. The van der Waals surface area contributed by atoms with Gasteiger partial charge in [-0.15, -0.1) is 0 Å². The third-order valence-electron chi connectivity index (χ3n) is 4.54. The Morgan fingerprint density at radius 2 is 2.04 bits per heavy atom. The Bertz CT molecular complexity index is 746. The lowest BCUT2D eigenvalue weighted by Gasteiger charge is -2.26. The van der Waals surface area contributed by atoms with Gasteiger partial charge in [-0.25, -0.2) is 9.59 Å². The molecule has 2 rings (SSSR count). The molecule has 1 amide bonds. The highest BCUT2D eigenvalue weighted by atomic mass is 79.9. The molecule has 148 valence electrons. The van der Waals surface area contributed by atoms with Gasteiger partial charge in [0, 0.05) is 17.6 Å². The van der Waals surface area contributed by atoms with Gasteiger partial charge in [0.05, 0.1) is 10.6 Å². The number of hydrogen-bond acceptors (Lipinski definition) is 5. The highest BCUT2D eigenvalue weighted by molar-refractivity contribution is 9.10. The molecule has 1 fully saturated rings. The molecule has 2 atom stereocenters. The summed E-state index contributed by atoms with van der Waals surface area (Å²) in [5.74, 6) is -0.680. The number of hydrogen-bond donors (Lipinski definition) is 0. The summed E-state index contributed by atoms with van der Waals surface area (Å²) in [7, 11) is 0. The first-order valence-electron chi connectivity index (χ1n) is 8.65. The molecule has 1 saturated heterocycles. The van der Waals surface area contributed by atoms with Gasteiger partial charge in [0.2, 0.25) is 0 Å². The Hall–Kier alpha value is -1.60. The van der Waals surface area contributed by atoms with Crippen molar-refractivity contribution in [2.75, 3.05) is 13.1 Å². The second-order valence-electron chi connectivity index (χ2n) is 7.62. The van der Waals surface area contributed by atoms with Crippen LogP contribution in [0, 0.1) is 5.92 Å². The van der Waals surface area contributed by atoms with Crippen molar-refractivity contribution in [2.24, 2.45) is 5.92 Å². The minimum absolute atomic E-state index is 0.0720. The van der Waals surface area contributed by atoms with Crippen molar-refractivity contribution in [1.82, 2.24) is 4.90 Å². The van der Waals surface area contributed by atoms with Crippen molar-refractivity contribution in [1.29, 1.82) is 0 Å². The molecule has 0 bridgehead atoms. The first-order chi connectivity index (χ1) is 12.5. The second kappa shape index (κ2) is 8.61. The minimum Gasteiger partial charge on any atom is -0.444 e. The summed E-state index contributed by atoms with van der Waals surface area (Å²) in [4.78, 5) is 36.7. The van der Waals surface area contributed by atoms with E-state index in [1.165, 1.54) is 0 Å². The zero-order valence-corrected chi connectivity index (χ0v) is 18.1. The number of ether oxygens (including phenoxy) is 2. The van der Waals surface area contributed by atoms with Gasteiger partial charge >= 0.3 is 18.5 Å². The second-order valence-corrected chi connectivity index (χ2v) is 8.88. The van der Waals surface area contributed by atoms with E-state index < -0.39 is 11.6 Å². The molecule has 8 heteroatoms. The van der Waals surface area contributed by atoms with Gasteiger partial charge in [-0.2, -0.15) is 0 Å². The van der Waals surface area contributed by atoms with E-state index in [2.05, 4.69) is 20.7 Å². The number of esters is 1. The highest BCUT2D eigenvalue weighted by Gasteiger charge is 2.34. The molecule has 0 radical (unpaired) electrons. The summed E-state index contributed by atoms with van der Waals surface area (Å²) in [5.41, 5.74) is 0.416. The Balaban J connectivity index is 2.22. The van der Waals surface area contributed by atoms with Gasteiger partial charge in [-0.3, -0.25) is 4.79 Å². The normalized spacial score (nSPS) is 18.1. The predicted molar refractivity (Wildman–Crippen MR) is 105 cm³/mol.